The number of carbonyl (C=O) groups is 1. The van der Waals surface area contributed by atoms with E-state index in [4.69, 9.17) is 9.72 Å². The summed E-state index contributed by atoms with van der Waals surface area (Å²) < 4.78 is 7.59. The van der Waals surface area contributed by atoms with Crippen LogP contribution in [0.25, 0.3) is 16.6 Å². The van der Waals surface area contributed by atoms with Crippen molar-refractivity contribution >= 4 is 22.6 Å². The number of anilines is 1. The summed E-state index contributed by atoms with van der Waals surface area (Å²) in [4.78, 5) is 36.1. The Hall–Kier alpha value is -4.17. The number of ether oxygens (including phenoxy) is 1. The number of nitrogens with one attached hydrogen (secondary N) is 1. The van der Waals surface area contributed by atoms with Crippen LogP contribution in [0.2, 0.25) is 0 Å². The fourth-order valence-electron chi connectivity index (χ4n) is 5.30. The predicted octanol–water partition coefficient (Wildman–Crippen LogP) is 5.39. The van der Waals surface area contributed by atoms with Crippen LogP contribution >= 0.6 is 0 Å². The van der Waals surface area contributed by atoms with Gasteiger partial charge in [0, 0.05) is 31.4 Å². The molecule has 1 saturated heterocycles. The average Bonchev–Trinajstić information content (AvgIpc) is 2.93. The molecule has 0 saturated carbocycles. The zero-order valence-electron chi connectivity index (χ0n) is 22.9. The number of nitrogens with zero attached hydrogens (tertiary/aromatic N) is 4. The molecule has 0 spiro atoms. The Bertz CT molecular complexity index is 1550. The van der Waals surface area contributed by atoms with Crippen molar-refractivity contribution in [1.82, 2.24) is 19.4 Å². The van der Waals surface area contributed by atoms with E-state index in [0.717, 1.165) is 11.3 Å². The third kappa shape index (κ3) is 5.38. The molecule has 0 aliphatic carbocycles. The fourth-order valence-corrected chi connectivity index (χ4v) is 5.30. The largest absolute Gasteiger partial charge is 0.492 e. The molecule has 39 heavy (non-hydrogen) atoms. The number of urea groups is 1. The van der Waals surface area contributed by atoms with E-state index in [-0.39, 0.29) is 23.7 Å². The first-order valence-corrected chi connectivity index (χ1v) is 13.5. The summed E-state index contributed by atoms with van der Waals surface area (Å²) in [5.74, 6) is 1.29. The zero-order chi connectivity index (χ0) is 27.5. The van der Waals surface area contributed by atoms with E-state index in [1.807, 2.05) is 91.5 Å². The first-order valence-electron chi connectivity index (χ1n) is 13.5. The van der Waals surface area contributed by atoms with Crippen LogP contribution in [-0.4, -0.2) is 57.7 Å². The highest BCUT2D eigenvalue weighted by molar-refractivity contribution is 5.89. The monoisotopic (exact) mass is 525 g/mol. The lowest BCUT2D eigenvalue weighted by molar-refractivity contribution is 0.0801. The molecule has 2 heterocycles. The molecular formula is C31H35N5O3. The molecular weight excluding hydrogens is 490 g/mol. The molecule has 1 aliphatic rings. The summed E-state index contributed by atoms with van der Waals surface area (Å²) in [5, 5.41) is 3.59. The molecule has 2 amide bonds. The minimum atomic E-state index is -0.179. The molecule has 2 atom stereocenters. The maximum Gasteiger partial charge on any atom is 0.322 e. The van der Waals surface area contributed by atoms with E-state index in [0.29, 0.717) is 54.4 Å². The summed E-state index contributed by atoms with van der Waals surface area (Å²) in [5.41, 5.74) is 3.10. The number of benzene rings is 3. The average molecular weight is 526 g/mol. The molecule has 8 nitrogen and oxygen atoms in total. The topological polar surface area (TPSA) is 79.7 Å². The Balaban J connectivity index is 1.45. The lowest BCUT2D eigenvalue weighted by Gasteiger charge is -2.42. The van der Waals surface area contributed by atoms with Crippen molar-refractivity contribution in [3.8, 4) is 11.4 Å². The smallest absolute Gasteiger partial charge is 0.322 e. The van der Waals surface area contributed by atoms with Crippen LogP contribution in [0.15, 0.2) is 77.6 Å². The minimum Gasteiger partial charge on any atom is -0.492 e. The molecule has 1 fully saturated rings. The highest BCUT2D eigenvalue weighted by Crippen LogP contribution is 2.29. The molecule has 1 N–H and O–H groups in total. The summed E-state index contributed by atoms with van der Waals surface area (Å²) in [6, 6.07) is 22.5. The zero-order valence-corrected chi connectivity index (χ0v) is 22.9. The van der Waals surface area contributed by atoms with Gasteiger partial charge in [-0.3, -0.25) is 14.3 Å². The maximum atomic E-state index is 13.9. The number of aryl methyl sites for hydroxylation is 1. The second-order valence-electron chi connectivity index (χ2n) is 10.0. The first-order chi connectivity index (χ1) is 18.9. The van der Waals surface area contributed by atoms with Crippen LogP contribution in [-0.2, 0) is 0 Å². The molecule has 5 rings (SSSR count). The van der Waals surface area contributed by atoms with Gasteiger partial charge < -0.3 is 15.0 Å². The van der Waals surface area contributed by atoms with E-state index in [1.165, 1.54) is 0 Å². The van der Waals surface area contributed by atoms with Crippen LogP contribution < -0.4 is 15.6 Å². The van der Waals surface area contributed by atoms with Crippen LogP contribution in [0.4, 0.5) is 10.5 Å². The molecule has 1 aliphatic heterocycles. The Morgan fingerprint density at radius 2 is 1.85 bits per heavy atom. The summed E-state index contributed by atoms with van der Waals surface area (Å²) in [6.45, 7) is 10.4. The van der Waals surface area contributed by atoms with Crippen molar-refractivity contribution < 1.29 is 9.53 Å². The van der Waals surface area contributed by atoms with E-state index in [9.17, 15) is 9.59 Å². The highest BCUT2D eigenvalue weighted by atomic mass is 16.5. The second kappa shape index (κ2) is 11.3. The van der Waals surface area contributed by atoms with Gasteiger partial charge in [0.2, 0.25) is 0 Å². The van der Waals surface area contributed by atoms with Crippen LogP contribution in [0.1, 0.15) is 38.2 Å². The fraction of sp³-hybridized carbons (Fsp3) is 0.323. The van der Waals surface area contributed by atoms with Crippen LogP contribution in [0, 0.1) is 6.92 Å². The summed E-state index contributed by atoms with van der Waals surface area (Å²) in [6.07, 6.45) is 0. The Labute approximate surface area is 228 Å². The van der Waals surface area contributed by atoms with Gasteiger partial charge in [0.1, 0.15) is 11.6 Å². The van der Waals surface area contributed by atoms with Gasteiger partial charge in [0.05, 0.1) is 29.2 Å². The number of para-hydroxylation sites is 3. The standard InChI is InChI=1S/C31H35N5O3/c1-5-39-28-16-9-8-15-27(28)36-29(33-26-14-7-6-13-25(26)30(36)37)23(4)34-17-18-35(22(3)20-34)31(38)32-24-12-10-11-21(2)19-24/h6-16,19,22-23H,5,17-18,20H2,1-4H3,(H,32,38). The molecule has 8 heteroatoms. The van der Waals surface area contributed by atoms with Gasteiger partial charge in [0.25, 0.3) is 5.56 Å². The second-order valence-corrected chi connectivity index (χ2v) is 10.0. The number of fused-ring (bicyclic) bond motifs is 1. The molecule has 0 radical (unpaired) electrons. The van der Waals surface area contributed by atoms with E-state index in [2.05, 4.69) is 24.1 Å². The van der Waals surface area contributed by atoms with E-state index in [1.54, 1.807) is 4.57 Å². The van der Waals surface area contributed by atoms with Crippen LogP contribution in [0.3, 0.4) is 0 Å². The van der Waals surface area contributed by atoms with Crippen molar-refractivity contribution in [3.63, 3.8) is 0 Å². The van der Waals surface area contributed by atoms with Gasteiger partial charge in [-0.25, -0.2) is 9.78 Å². The van der Waals surface area contributed by atoms with Gasteiger partial charge in [-0.1, -0.05) is 36.4 Å². The molecule has 202 valence electrons. The molecule has 0 bridgehead atoms. The summed E-state index contributed by atoms with van der Waals surface area (Å²) in [7, 11) is 0. The number of hydrogen-bond acceptors (Lipinski definition) is 5. The van der Waals surface area contributed by atoms with Gasteiger partial charge in [-0.2, -0.15) is 0 Å². The normalized spacial score (nSPS) is 16.7. The molecule has 2 unspecified atom stereocenters. The molecule has 1 aromatic heterocycles. The predicted molar refractivity (Wildman–Crippen MR) is 155 cm³/mol. The quantitative estimate of drug-likeness (QED) is 0.365. The Morgan fingerprint density at radius 1 is 1.08 bits per heavy atom. The number of rotatable bonds is 6. The highest BCUT2D eigenvalue weighted by Gasteiger charge is 2.32. The molecule has 4 aromatic rings. The molecule has 3 aromatic carbocycles. The van der Waals surface area contributed by atoms with Crippen molar-refractivity contribution in [1.29, 1.82) is 0 Å². The van der Waals surface area contributed by atoms with Gasteiger partial charge >= 0.3 is 6.03 Å². The van der Waals surface area contributed by atoms with Gasteiger partial charge in [-0.15, -0.1) is 0 Å². The lowest BCUT2D eigenvalue weighted by atomic mass is 10.1. The number of hydrogen-bond donors (Lipinski definition) is 1. The van der Waals surface area contributed by atoms with Crippen molar-refractivity contribution in [2.75, 3.05) is 31.6 Å². The third-order valence-corrected chi connectivity index (χ3v) is 7.32. The van der Waals surface area contributed by atoms with Crippen molar-refractivity contribution in [2.24, 2.45) is 0 Å². The Kier molecular flexibility index (Phi) is 7.65. The van der Waals surface area contributed by atoms with Crippen molar-refractivity contribution in [2.45, 2.75) is 39.8 Å². The van der Waals surface area contributed by atoms with Crippen LogP contribution in [0.5, 0.6) is 5.75 Å². The van der Waals surface area contributed by atoms with Crippen molar-refractivity contribution in [3.05, 3.63) is 94.5 Å². The minimum absolute atomic E-state index is 0.0256. The van der Waals surface area contributed by atoms with E-state index < -0.39 is 0 Å². The maximum absolute atomic E-state index is 13.9. The number of aromatic nitrogens is 2. The van der Waals surface area contributed by atoms with Gasteiger partial charge in [-0.05, 0) is 69.7 Å². The van der Waals surface area contributed by atoms with E-state index >= 15 is 0 Å². The number of amides is 2. The number of piperazine rings is 1. The van der Waals surface area contributed by atoms with Gasteiger partial charge in [0.15, 0.2) is 0 Å². The Morgan fingerprint density at radius 3 is 2.62 bits per heavy atom. The lowest BCUT2D eigenvalue weighted by Crippen LogP contribution is -2.55. The first kappa shape index (κ1) is 26.4. The summed E-state index contributed by atoms with van der Waals surface area (Å²) >= 11 is 0. The SMILES string of the molecule is CCOc1ccccc1-n1c(C(C)N2CCN(C(=O)Nc3cccc(C)c3)C(C)C2)nc2ccccc2c1=O. The number of carbonyl (C=O) groups excluding carboxylic acids is 1. The third-order valence-electron chi connectivity index (χ3n) is 7.32.